The molecule has 0 aliphatic carbocycles. The monoisotopic (exact) mass is 746 g/mol. The molecule has 0 nitrogen and oxygen atoms in total. The molecule has 0 atom stereocenters. The fourth-order valence-electron chi connectivity index (χ4n) is 5.62. The van der Waals surface area contributed by atoms with Crippen LogP contribution < -0.4 is 0 Å². The first kappa shape index (κ1) is 22.5. The molecule has 5 aromatic carbocycles. The Bertz CT molecular complexity index is 2170. The van der Waals surface area contributed by atoms with Crippen LogP contribution in [-0.4, -0.2) is 58.0 Å². The third kappa shape index (κ3) is 3.34. The Morgan fingerprint density at radius 3 is 1.08 bits per heavy atom. The molecule has 0 fully saturated rings. The molecule has 0 bridgehead atoms. The molecular weight excluding hydrogens is 724 g/mol. The summed E-state index contributed by atoms with van der Waals surface area (Å²) in [6.45, 7) is 0. The number of fused-ring (bicyclic) bond motifs is 10. The average Bonchev–Trinajstić information content (AvgIpc) is 3.70. The second kappa shape index (κ2) is 8.58. The molecular formula is C34H18Se4. The predicted molar refractivity (Wildman–Crippen MR) is 170 cm³/mol. The van der Waals surface area contributed by atoms with Gasteiger partial charge in [0.25, 0.3) is 0 Å². The summed E-state index contributed by atoms with van der Waals surface area (Å²) in [5.41, 5.74) is 5.32. The standard InChI is InChI=1S/C34H18Se4/c1-3-7-27-23(5-1)31-33(35-27)25-15-13-21(17-29(25)37-31)19-9-11-20(12-10-19)22-14-16-26-30(18-22)38-32-24-6-2-4-8-28(24)36-34(26)32/h1-18H. The molecule has 0 aliphatic rings. The molecule has 4 heterocycles. The second-order valence-corrected chi connectivity index (χ2v) is 18.5. The summed E-state index contributed by atoms with van der Waals surface area (Å²) in [4.78, 5) is 0. The van der Waals surface area contributed by atoms with Gasteiger partial charge < -0.3 is 0 Å². The summed E-state index contributed by atoms with van der Waals surface area (Å²) in [7, 11) is 0. The Labute approximate surface area is 243 Å². The molecule has 0 saturated carbocycles. The van der Waals surface area contributed by atoms with E-state index in [0.29, 0.717) is 58.0 Å². The van der Waals surface area contributed by atoms with Crippen LogP contribution in [-0.2, 0) is 0 Å². The van der Waals surface area contributed by atoms with Crippen LogP contribution in [0.1, 0.15) is 0 Å². The van der Waals surface area contributed by atoms with Crippen LogP contribution in [0.5, 0.6) is 0 Å². The molecule has 0 aliphatic heterocycles. The van der Waals surface area contributed by atoms with Gasteiger partial charge in [0, 0.05) is 0 Å². The molecule has 0 unspecified atom stereocenters. The molecule has 0 saturated heterocycles. The number of hydrogen-bond acceptors (Lipinski definition) is 0. The third-order valence-electron chi connectivity index (χ3n) is 7.53. The van der Waals surface area contributed by atoms with Crippen LogP contribution in [0.15, 0.2) is 109 Å². The number of hydrogen-bond donors (Lipinski definition) is 0. The van der Waals surface area contributed by atoms with Crippen LogP contribution in [0.4, 0.5) is 0 Å². The summed E-state index contributed by atoms with van der Waals surface area (Å²) in [6.07, 6.45) is 0. The van der Waals surface area contributed by atoms with E-state index in [1.807, 2.05) is 0 Å². The molecule has 9 rings (SSSR count). The molecule has 4 aromatic heterocycles. The van der Waals surface area contributed by atoms with Gasteiger partial charge in [-0.25, -0.2) is 0 Å². The van der Waals surface area contributed by atoms with Crippen molar-refractivity contribution in [2.45, 2.75) is 0 Å². The molecule has 0 radical (unpaired) electrons. The maximum atomic E-state index is 2.46. The van der Waals surface area contributed by atoms with E-state index in [0.717, 1.165) is 0 Å². The fraction of sp³-hybridized carbons (Fsp3) is 0. The average molecular weight is 742 g/mol. The molecule has 0 N–H and O–H groups in total. The van der Waals surface area contributed by atoms with Crippen molar-refractivity contribution in [3.8, 4) is 22.3 Å². The van der Waals surface area contributed by atoms with Gasteiger partial charge in [-0.3, -0.25) is 0 Å². The first-order valence-electron chi connectivity index (χ1n) is 12.6. The minimum absolute atomic E-state index is 0.414. The predicted octanol–water partition coefficient (Wildman–Crippen LogP) is 8.17. The SMILES string of the molecule is c1ccc2c(c1)[se]c1c3ccc(-c4ccc(-c5ccc6c(c5)[se]c5c7ccccc7[se]c65)cc4)cc3[se]c21. The Morgan fingerprint density at radius 2 is 0.632 bits per heavy atom. The van der Waals surface area contributed by atoms with Gasteiger partial charge in [-0.15, -0.1) is 0 Å². The Balaban J connectivity index is 1.09. The molecule has 0 spiro atoms. The van der Waals surface area contributed by atoms with E-state index in [1.54, 1.807) is 34.1 Å². The Hall–Kier alpha value is -2.34. The number of rotatable bonds is 2. The van der Waals surface area contributed by atoms with Crippen LogP contribution in [0.25, 0.3) is 77.9 Å². The summed E-state index contributed by atoms with van der Waals surface area (Å²) in [5, 5.41) is 6.07. The van der Waals surface area contributed by atoms with Crippen LogP contribution in [0.3, 0.4) is 0 Å². The summed E-state index contributed by atoms with van der Waals surface area (Å²) >= 11 is 1.74. The second-order valence-electron chi connectivity index (χ2n) is 9.72. The maximum absolute atomic E-state index is 2.46. The first-order valence-corrected chi connectivity index (χ1v) is 19.4. The normalized spacial score (nSPS) is 12.2. The van der Waals surface area contributed by atoms with Gasteiger partial charge in [0.1, 0.15) is 0 Å². The minimum atomic E-state index is 0.414. The molecule has 0 amide bonds. The summed E-state index contributed by atoms with van der Waals surface area (Å²) in [5.74, 6) is 0. The third-order valence-corrected chi connectivity index (χ3v) is 18.9. The number of benzene rings is 5. The van der Waals surface area contributed by atoms with Gasteiger partial charge >= 0.3 is 245 Å². The van der Waals surface area contributed by atoms with Crippen molar-refractivity contribution < 1.29 is 0 Å². The van der Waals surface area contributed by atoms with E-state index >= 15 is 0 Å². The van der Waals surface area contributed by atoms with Crippen LogP contribution in [0.2, 0.25) is 0 Å². The quantitative estimate of drug-likeness (QED) is 0.157. The van der Waals surface area contributed by atoms with Crippen molar-refractivity contribution in [1.29, 1.82) is 0 Å². The molecule has 4 heteroatoms. The Morgan fingerprint density at radius 1 is 0.289 bits per heavy atom. The van der Waals surface area contributed by atoms with Crippen LogP contribution >= 0.6 is 0 Å². The van der Waals surface area contributed by atoms with Gasteiger partial charge in [-0.1, -0.05) is 0 Å². The van der Waals surface area contributed by atoms with E-state index < -0.39 is 0 Å². The van der Waals surface area contributed by atoms with Gasteiger partial charge in [-0.05, 0) is 0 Å². The summed E-state index contributed by atoms with van der Waals surface area (Å²) in [6, 6.07) is 41.7. The first-order chi connectivity index (χ1) is 18.8. The molecule has 38 heavy (non-hydrogen) atoms. The molecule has 178 valence electrons. The van der Waals surface area contributed by atoms with Crippen molar-refractivity contribution in [2.75, 3.05) is 0 Å². The van der Waals surface area contributed by atoms with Crippen molar-refractivity contribution in [3.05, 3.63) is 109 Å². The van der Waals surface area contributed by atoms with Gasteiger partial charge in [0.2, 0.25) is 0 Å². The van der Waals surface area contributed by atoms with E-state index in [2.05, 4.69) is 109 Å². The van der Waals surface area contributed by atoms with Crippen molar-refractivity contribution >= 4 is 114 Å². The zero-order valence-corrected chi connectivity index (χ0v) is 26.9. The summed E-state index contributed by atoms with van der Waals surface area (Å²) < 4.78 is 12.8. The zero-order valence-electron chi connectivity index (χ0n) is 20.0. The Kier molecular flexibility index (Phi) is 5.07. The van der Waals surface area contributed by atoms with Gasteiger partial charge in [0.05, 0.1) is 0 Å². The van der Waals surface area contributed by atoms with Crippen molar-refractivity contribution in [2.24, 2.45) is 0 Å². The topological polar surface area (TPSA) is 0 Å². The van der Waals surface area contributed by atoms with Crippen LogP contribution in [0, 0.1) is 0 Å². The fourth-order valence-corrected chi connectivity index (χ4v) is 18.5. The molecule has 9 aromatic rings. The van der Waals surface area contributed by atoms with Gasteiger partial charge in [-0.2, -0.15) is 0 Å². The van der Waals surface area contributed by atoms with E-state index in [1.165, 1.54) is 43.8 Å². The van der Waals surface area contributed by atoms with E-state index in [4.69, 9.17) is 0 Å². The zero-order chi connectivity index (χ0) is 24.8. The van der Waals surface area contributed by atoms with Crippen molar-refractivity contribution in [3.63, 3.8) is 0 Å². The van der Waals surface area contributed by atoms with Crippen molar-refractivity contribution in [1.82, 2.24) is 0 Å². The van der Waals surface area contributed by atoms with E-state index in [9.17, 15) is 0 Å². The van der Waals surface area contributed by atoms with E-state index in [-0.39, 0.29) is 0 Å². The van der Waals surface area contributed by atoms with Gasteiger partial charge in [0.15, 0.2) is 0 Å².